The van der Waals surface area contributed by atoms with Crippen LogP contribution in [0.3, 0.4) is 0 Å². The summed E-state index contributed by atoms with van der Waals surface area (Å²) in [7, 11) is 0. The van der Waals surface area contributed by atoms with Gasteiger partial charge in [-0.15, -0.1) is 11.3 Å². The third-order valence-electron chi connectivity index (χ3n) is 3.63. The fourth-order valence-corrected chi connectivity index (χ4v) is 3.75. The van der Waals surface area contributed by atoms with Crippen molar-refractivity contribution >= 4 is 28.3 Å². The molecule has 6 heteroatoms. The van der Waals surface area contributed by atoms with Crippen LogP contribution < -0.4 is 5.32 Å². The maximum atomic E-state index is 11.4. The highest BCUT2D eigenvalue weighted by Gasteiger charge is 2.19. The lowest BCUT2D eigenvalue weighted by atomic mass is 10.0. The van der Waals surface area contributed by atoms with Crippen LogP contribution >= 0.6 is 11.3 Å². The Kier molecular flexibility index (Phi) is 3.63. The maximum absolute atomic E-state index is 11.4. The number of anilines is 2. The topological polar surface area (TPSA) is 75.1 Å². The summed E-state index contributed by atoms with van der Waals surface area (Å²) in [6.07, 6.45) is 4.47. The third kappa shape index (κ3) is 2.76. The molecule has 110 valence electrons. The lowest BCUT2D eigenvalue weighted by molar-refractivity contribution is 0.0697. The molecule has 0 unspecified atom stereocenters. The van der Waals surface area contributed by atoms with Crippen LogP contribution in [0.1, 0.15) is 45.0 Å². The molecule has 2 N–H and O–H groups in total. The Hall–Kier alpha value is -1.95. The smallest absolute Gasteiger partial charge is 0.339 e. The van der Waals surface area contributed by atoms with Crippen LogP contribution in [0.25, 0.3) is 0 Å². The molecule has 1 aliphatic carbocycles. The highest BCUT2D eigenvalue weighted by Crippen LogP contribution is 2.32. The summed E-state index contributed by atoms with van der Waals surface area (Å²) in [5.41, 5.74) is 2.86. The number of aryl methyl sites for hydroxylation is 4. The van der Waals surface area contributed by atoms with E-state index < -0.39 is 5.97 Å². The Labute approximate surface area is 127 Å². The van der Waals surface area contributed by atoms with Crippen molar-refractivity contribution < 1.29 is 9.90 Å². The number of aromatic carboxylic acids is 1. The first-order valence-corrected chi connectivity index (χ1v) is 7.83. The Balaban J connectivity index is 1.97. The van der Waals surface area contributed by atoms with Gasteiger partial charge in [0.05, 0.1) is 5.69 Å². The number of aromatic nitrogens is 2. The molecule has 2 aromatic heterocycles. The van der Waals surface area contributed by atoms with E-state index in [2.05, 4.69) is 15.3 Å². The largest absolute Gasteiger partial charge is 0.478 e. The number of hydrogen-bond donors (Lipinski definition) is 2. The van der Waals surface area contributed by atoms with E-state index in [0.29, 0.717) is 11.4 Å². The van der Waals surface area contributed by atoms with Gasteiger partial charge in [0, 0.05) is 10.6 Å². The zero-order valence-electron chi connectivity index (χ0n) is 12.1. The van der Waals surface area contributed by atoms with Crippen LogP contribution in [0.5, 0.6) is 0 Å². The van der Waals surface area contributed by atoms with Crippen molar-refractivity contribution in [1.29, 1.82) is 0 Å². The molecule has 1 aliphatic rings. The second-order valence-electron chi connectivity index (χ2n) is 5.33. The van der Waals surface area contributed by atoms with Crippen molar-refractivity contribution in [2.75, 3.05) is 5.32 Å². The zero-order chi connectivity index (χ0) is 15.0. The second-order valence-corrected chi connectivity index (χ2v) is 6.41. The Morgan fingerprint density at radius 2 is 2.05 bits per heavy atom. The first-order chi connectivity index (χ1) is 10.0. The van der Waals surface area contributed by atoms with Crippen molar-refractivity contribution in [3.8, 4) is 0 Å². The molecule has 0 fully saturated rings. The van der Waals surface area contributed by atoms with Gasteiger partial charge in [0.1, 0.15) is 11.4 Å². The van der Waals surface area contributed by atoms with Gasteiger partial charge < -0.3 is 10.4 Å². The number of carbonyl (C=O) groups is 1. The molecule has 0 spiro atoms. The molecule has 0 amide bonds. The maximum Gasteiger partial charge on any atom is 0.339 e. The number of nitrogens with one attached hydrogen (secondary N) is 1. The first-order valence-electron chi connectivity index (χ1n) is 7.01. The van der Waals surface area contributed by atoms with Crippen LogP contribution in [0.4, 0.5) is 10.9 Å². The van der Waals surface area contributed by atoms with Gasteiger partial charge in [0.2, 0.25) is 0 Å². The molecule has 0 aromatic carbocycles. The van der Waals surface area contributed by atoms with Gasteiger partial charge in [0.15, 0.2) is 5.13 Å². The fraction of sp³-hybridized carbons (Fsp3) is 0.400. The molecule has 0 saturated heterocycles. The molecule has 0 bridgehead atoms. The summed E-state index contributed by atoms with van der Waals surface area (Å²) in [6, 6.07) is 1.78. The SMILES string of the molecule is Cc1cc(C)c(C(=O)O)c(Nc2nc3c(s2)CCCC3)n1. The predicted molar refractivity (Wildman–Crippen MR) is 82.7 cm³/mol. The number of fused-ring (bicyclic) bond motifs is 1. The van der Waals surface area contributed by atoms with Gasteiger partial charge in [-0.2, -0.15) is 0 Å². The number of carboxylic acid groups (broad SMARTS) is 1. The molecule has 0 aliphatic heterocycles. The molecule has 2 heterocycles. The molecule has 0 atom stereocenters. The van der Waals surface area contributed by atoms with Crippen LogP contribution in [0.2, 0.25) is 0 Å². The van der Waals surface area contributed by atoms with Crippen molar-refractivity contribution in [3.63, 3.8) is 0 Å². The molecular weight excluding hydrogens is 286 g/mol. The highest BCUT2D eigenvalue weighted by atomic mass is 32.1. The van der Waals surface area contributed by atoms with E-state index in [1.165, 1.54) is 17.7 Å². The van der Waals surface area contributed by atoms with Crippen molar-refractivity contribution in [3.05, 3.63) is 33.5 Å². The van der Waals surface area contributed by atoms with E-state index in [4.69, 9.17) is 0 Å². The normalized spacial score (nSPS) is 13.8. The Morgan fingerprint density at radius 1 is 1.29 bits per heavy atom. The number of nitrogens with zero attached hydrogens (tertiary/aromatic N) is 2. The summed E-state index contributed by atoms with van der Waals surface area (Å²) < 4.78 is 0. The van der Waals surface area contributed by atoms with E-state index >= 15 is 0 Å². The highest BCUT2D eigenvalue weighted by molar-refractivity contribution is 7.15. The van der Waals surface area contributed by atoms with Crippen LogP contribution in [0, 0.1) is 13.8 Å². The van der Waals surface area contributed by atoms with E-state index in [-0.39, 0.29) is 5.56 Å². The molecule has 0 radical (unpaired) electrons. The van der Waals surface area contributed by atoms with Gasteiger partial charge in [0.25, 0.3) is 0 Å². The molecule has 2 aromatic rings. The number of thiazole rings is 1. The van der Waals surface area contributed by atoms with Crippen molar-refractivity contribution in [2.45, 2.75) is 39.5 Å². The zero-order valence-corrected chi connectivity index (χ0v) is 12.9. The van der Waals surface area contributed by atoms with E-state index in [9.17, 15) is 9.90 Å². The average molecular weight is 303 g/mol. The second kappa shape index (κ2) is 5.44. The number of carboxylic acids is 1. The summed E-state index contributed by atoms with van der Waals surface area (Å²) in [5, 5.41) is 13.2. The van der Waals surface area contributed by atoms with E-state index in [0.717, 1.165) is 29.4 Å². The molecule has 21 heavy (non-hydrogen) atoms. The van der Waals surface area contributed by atoms with E-state index in [1.807, 2.05) is 6.92 Å². The lowest BCUT2D eigenvalue weighted by Gasteiger charge is -2.09. The minimum Gasteiger partial charge on any atom is -0.478 e. The summed E-state index contributed by atoms with van der Waals surface area (Å²) >= 11 is 1.61. The minimum atomic E-state index is -0.969. The number of hydrogen-bond acceptors (Lipinski definition) is 5. The molecular formula is C15H17N3O2S. The first kappa shape index (κ1) is 14.0. The van der Waals surface area contributed by atoms with Crippen LogP contribution in [0.15, 0.2) is 6.07 Å². The molecule has 0 saturated carbocycles. The van der Waals surface area contributed by atoms with Gasteiger partial charge in [-0.3, -0.25) is 0 Å². The lowest BCUT2D eigenvalue weighted by Crippen LogP contribution is -2.08. The van der Waals surface area contributed by atoms with Gasteiger partial charge >= 0.3 is 5.97 Å². The quantitative estimate of drug-likeness (QED) is 0.908. The number of rotatable bonds is 3. The summed E-state index contributed by atoms with van der Waals surface area (Å²) in [5.74, 6) is -0.588. The average Bonchev–Trinajstić information content (AvgIpc) is 2.79. The predicted octanol–water partition coefficient (Wildman–Crippen LogP) is 3.48. The van der Waals surface area contributed by atoms with Crippen LogP contribution in [-0.4, -0.2) is 21.0 Å². The fourth-order valence-electron chi connectivity index (χ4n) is 2.70. The number of pyridine rings is 1. The molecule has 3 rings (SSSR count). The third-order valence-corrected chi connectivity index (χ3v) is 4.70. The van der Waals surface area contributed by atoms with E-state index in [1.54, 1.807) is 24.3 Å². The minimum absolute atomic E-state index is 0.216. The standard InChI is InChI=1S/C15H17N3O2S/c1-8-7-9(2)16-13(12(8)14(19)20)18-15-17-10-5-3-4-6-11(10)21-15/h7H,3-6H2,1-2H3,(H,19,20)(H,16,17,18). The Bertz CT molecular complexity index is 686. The molecule has 5 nitrogen and oxygen atoms in total. The van der Waals surface area contributed by atoms with Crippen molar-refractivity contribution in [1.82, 2.24) is 9.97 Å². The summed E-state index contributed by atoms with van der Waals surface area (Å²) in [6.45, 7) is 3.65. The Morgan fingerprint density at radius 3 is 2.76 bits per heavy atom. The van der Waals surface area contributed by atoms with Gasteiger partial charge in [-0.05, 0) is 51.2 Å². The van der Waals surface area contributed by atoms with Gasteiger partial charge in [-0.1, -0.05) is 0 Å². The van der Waals surface area contributed by atoms with Gasteiger partial charge in [-0.25, -0.2) is 14.8 Å². The monoisotopic (exact) mass is 303 g/mol. The summed E-state index contributed by atoms with van der Waals surface area (Å²) in [4.78, 5) is 21.7. The van der Waals surface area contributed by atoms with Crippen molar-refractivity contribution in [2.24, 2.45) is 0 Å². The van der Waals surface area contributed by atoms with Crippen LogP contribution in [-0.2, 0) is 12.8 Å².